The molecule has 0 unspecified atom stereocenters. The minimum atomic E-state index is -1.53. The van der Waals surface area contributed by atoms with E-state index in [1.54, 1.807) is 12.1 Å². The summed E-state index contributed by atoms with van der Waals surface area (Å²) in [6, 6.07) is 21.8. The van der Waals surface area contributed by atoms with Crippen LogP contribution < -0.4 is 0 Å². The largest absolute Gasteiger partial charge is 0.480 e. The molecule has 0 aliphatic carbocycles. The number of carbonyl (C=O) groups is 2. The second kappa shape index (κ2) is 11.7. The molecule has 0 amide bonds. The topological polar surface area (TPSA) is 115 Å². The number of hydrogen-bond acceptors (Lipinski definition) is 8. The van der Waals surface area contributed by atoms with Crippen molar-refractivity contribution in [3.8, 4) is 34.0 Å². The van der Waals surface area contributed by atoms with Crippen LogP contribution in [-0.4, -0.2) is 65.0 Å². The molecule has 3 heterocycles. The molecule has 43 heavy (non-hydrogen) atoms. The van der Waals surface area contributed by atoms with Gasteiger partial charge < -0.3 is 19.1 Å². The molecule has 1 aromatic heterocycles. The number of benzene rings is 3. The zero-order valence-corrected chi connectivity index (χ0v) is 23.8. The van der Waals surface area contributed by atoms with Crippen molar-refractivity contribution in [3.05, 3.63) is 84.2 Å². The molecule has 3 aromatic carbocycles. The van der Waals surface area contributed by atoms with E-state index < -0.39 is 17.4 Å². The van der Waals surface area contributed by atoms with E-state index in [1.165, 1.54) is 6.07 Å². The van der Waals surface area contributed by atoms with Gasteiger partial charge in [0.15, 0.2) is 5.41 Å². The van der Waals surface area contributed by atoms with Gasteiger partial charge in [-0.25, -0.2) is 4.39 Å². The first kappa shape index (κ1) is 28.7. The first-order chi connectivity index (χ1) is 20.7. The minimum Gasteiger partial charge on any atom is -0.480 e. The minimum absolute atomic E-state index is 0.163. The molecule has 0 saturated carbocycles. The Morgan fingerprint density at radius 1 is 0.977 bits per heavy atom. The first-order valence-electron chi connectivity index (χ1n) is 14.2. The Labute approximate surface area is 248 Å². The Bertz CT molecular complexity index is 1610. The van der Waals surface area contributed by atoms with E-state index in [9.17, 15) is 19.1 Å². The standard InChI is InChI=1S/C33H32FN3O6/c1-32(19-41-20-32)21-42-31(40)33(30(38)39)13-15-37(16-14-33)18-22-7-9-24(10-8-22)28-35-29(43-36-28)25-11-12-26(27(34)17-25)23-5-3-2-4-6-23/h2-12,17H,13-16,18-21H2,1H3,(H,38,39). The molecule has 2 aliphatic heterocycles. The Kier molecular flexibility index (Phi) is 7.81. The van der Waals surface area contributed by atoms with Crippen LogP contribution in [0.5, 0.6) is 0 Å². The number of aliphatic carboxylic acids is 1. The predicted molar refractivity (Wildman–Crippen MR) is 155 cm³/mol. The van der Waals surface area contributed by atoms with Crippen molar-refractivity contribution in [2.75, 3.05) is 32.9 Å². The van der Waals surface area contributed by atoms with Crippen LogP contribution in [0.25, 0.3) is 34.0 Å². The summed E-state index contributed by atoms with van der Waals surface area (Å²) in [4.78, 5) is 31.6. The molecule has 0 radical (unpaired) electrons. The van der Waals surface area contributed by atoms with Crippen molar-refractivity contribution < 1.29 is 33.1 Å². The number of aromatic nitrogens is 2. The van der Waals surface area contributed by atoms with Gasteiger partial charge in [0.1, 0.15) is 12.4 Å². The van der Waals surface area contributed by atoms with Crippen LogP contribution in [0, 0.1) is 16.6 Å². The maximum Gasteiger partial charge on any atom is 0.323 e. The number of carboxylic acid groups (broad SMARTS) is 1. The van der Waals surface area contributed by atoms with Crippen LogP contribution in [0.1, 0.15) is 25.3 Å². The molecule has 6 rings (SSSR count). The van der Waals surface area contributed by atoms with Gasteiger partial charge in [-0.05, 0) is 36.1 Å². The molecule has 0 atom stereocenters. The molecule has 4 aromatic rings. The maximum atomic E-state index is 14.9. The lowest BCUT2D eigenvalue weighted by atomic mass is 9.78. The van der Waals surface area contributed by atoms with Gasteiger partial charge in [0.2, 0.25) is 5.82 Å². The van der Waals surface area contributed by atoms with Crippen molar-refractivity contribution >= 4 is 11.9 Å². The lowest BCUT2D eigenvalue weighted by molar-refractivity contribution is -0.184. The molecule has 10 heteroatoms. The molecule has 222 valence electrons. The number of ether oxygens (including phenoxy) is 2. The number of carboxylic acids is 1. The van der Waals surface area contributed by atoms with Gasteiger partial charge in [0, 0.05) is 41.7 Å². The van der Waals surface area contributed by atoms with Crippen LogP contribution in [0.15, 0.2) is 77.3 Å². The summed E-state index contributed by atoms with van der Waals surface area (Å²) >= 11 is 0. The van der Waals surface area contributed by atoms with E-state index in [0.717, 1.165) is 16.7 Å². The summed E-state index contributed by atoms with van der Waals surface area (Å²) in [5.74, 6) is -1.56. The third-order valence-corrected chi connectivity index (χ3v) is 8.31. The van der Waals surface area contributed by atoms with Crippen LogP contribution in [-0.2, 0) is 25.6 Å². The van der Waals surface area contributed by atoms with Crippen LogP contribution in [0.3, 0.4) is 0 Å². The third kappa shape index (κ3) is 5.93. The van der Waals surface area contributed by atoms with E-state index in [1.807, 2.05) is 61.5 Å². The maximum absolute atomic E-state index is 14.9. The van der Waals surface area contributed by atoms with Crippen LogP contribution in [0.2, 0.25) is 0 Å². The Balaban J connectivity index is 1.06. The Morgan fingerprint density at radius 3 is 2.30 bits per heavy atom. The normalized spacial score (nSPS) is 17.6. The van der Waals surface area contributed by atoms with Crippen molar-refractivity contribution in [2.24, 2.45) is 10.8 Å². The molecular formula is C33H32FN3O6. The van der Waals surface area contributed by atoms with Crippen LogP contribution >= 0.6 is 0 Å². The summed E-state index contributed by atoms with van der Waals surface area (Å²) in [5, 5.41) is 14.0. The van der Waals surface area contributed by atoms with E-state index >= 15 is 0 Å². The highest BCUT2D eigenvalue weighted by Gasteiger charge is 2.50. The molecule has 1 N–H and O–H groups in total. The highest BCUT2D eigenvalue weighted by atomic mass is 19.1. The Hall–Kier alpha value is -4.41. The second-order valence-corrected chi connectivity index (χ2v) is 11.7. The van der Waals surface area contributed by atoms with Crippen molar-refractivity contribution in [3.63, 3.8) is 0 Å². The SMILES string of the molecule is CC1(COC(=O)C2(C(=O)O)CCN(Cc3ccc(-c4noc(-c5ccc(-c6ccccc6)c(F)c5)n4)cc3)CC2)COC1. The molecule has 0 bridgehead atoms. The van der Waals surface area contributed by atoms with Crippen LogP contribution in [0.4, 0.5) is 4.39 Å². The number of carbonyl (C=O) groups excluding carboxylic acids is 1. The molecule has 2 saturated heterocycles. The number of nitrogens with zero attached hydrogens (tertiary/aromatic N) is 3. The summed E-state index contributed by atoms with van der Waals surface area (Å²) in [6.07, 6.45) is 0.371. The van der Waals surface area contributed by atoms with Gasteiger partial charge in [-0.15, -0.1) is 0 Å². The molecule has 9 nitrogen and oxygen atoms in total. The summed E-state index contributed by atoms with van der Waals surface area (Å²) in [5.41, 5.74) is 1.78. The first-order valence-corrected chi connectivity index (χ1v) is 14.2. The fourth-order valence-corrected chi connectivity index (χ4v) is 5.49. The van der Waals surface area contributed by atoms with Gasteiger partial charge in [0.05, 0.1) is 13.2 Å². The van der Waals surface area contributed by atoms with Crippen molar-refractivity contribution in [1.82, 2.24) is 15.0 Å². The second-order valence-electron chi connectivity index (χ2n) is 11.7. The monoisotopic (exact) mass is 585 g/mol. The van der Waals surface area contributed by atoms with Crippen molar-refractivity contribution in [2.45, 2.75) is 26.3 Å². The zero-order valence-electron chi connectivity index (χ0n) is 23.8. The molecule has 2 aliphatic rings. The van der Waals surface area contributed by atoms with Gasteiger partial charge >= 0.3 is 11.9 Å². The number of esters is 1. The van der Waals surface area contributed by atoms with E-state index in [0.29, 0.717) is 49.8 Å². The number of halogens is 1. The van der Waals surface area contributed by atoms with E-state index in [-0.39, 0.29) is 36.6 Å². The summed E-state index contributed by atoms with van der Waals surface area (Å²) in [6.45, 7) is 4.64. The fourth-order valence-electron chi connectivity index (χ4n) is 5.49. The fraction of sp³-hybridized carbons (Fsp3) is 0.333. The zero-order chi connectivity index (χ0) is 30.0. The lowest BCUT2D eigenvalue weighted by Crippen LogP contribution is -2.51. The van der Waals surface area contributed by atoms with Gasteiger partial charge in [0.25, 0.3) is 5.89 Å². The molecular weight excluding hydrogens is 553 g/mol. The summed E-state index contributed by atoms with van der Waals surface area (Å²) < 4.78 is 30.9. The van der Waals surface area contributed by atoms with Gasteiger partial charge in [-0.1, -0.05) is 72.7 Å². The van der Waals surface area contributed by atoms with E-state index in [4.69, 9.17) is 14.0 Å². The lowest BCUT2D eigenvalue weighted by Gasteiger charge is -2.40. The number of rotatable bonds is 9. The summed E-state index contributed by atoms with van der Waals surface area (Å²) in [7, 11) is 0. The van der Waals surface area contributed by atoms with E-state index in [2.05, 4.69) is 15.0 Å². The predicted octanol–water partition coefficient (Wildman–Crippen LogP) is 5.46. The molecule has 0 spiro atoms. The number of hydrogen-bond donors (Lipinski definition) is 1. The Morgan fingerprint density at radius 2 is 1.67 bits per heavy atom. The molecule has 2 fully saturated rings. The van der Waals surface area contributed by atoms with Gasteiger partial charge in [-0.3, -0.25) is 14.5 Å². The number of piperidine rings is 1. The average Bonchev–Trinajstić information content (AvgIpc) is 3.50. The smallest absolute Gasteiger partial charge is 0.323 e. The average molecular weight is 586 g/mol. The van der Waals surface area contributed by atoms with Gasteiger partial charge in [-0.2, -0.15) is 4.98 Å². The quantitative estimate of drug-likeness (QED) is 0.202. The number of likely N-dealkylation sites (tertiary alicyclic amines) is 1. The third-order valence-electron chi connectivity index (χ3n) is 8.31. The van der Waals surface area contributed by atoms with Crippen molar-refractivity contribution in [1.29, 1.82) is 0 Å². The highest BCUT2D eigenvalue weighted by Crippen LogP contribution is 2.36. The highest BCUT2D eigenvalue weighted by molar-refractivity contribution is 5.99.